The van der Waals surface area contributed by atoms with Gasteiger partial charge < -0.3 is 14.4 Å². The highest BCUT2D eigenvalue weighted by molar-refractivity contribution is 8.00. The summed E-state index contributed by atoms with van der Waals surface area (Å²) in [5.41, 5.74) is 0.730. The molecule has 1 heterocycles. The van der Waals surface area contributed by atoms with Gasteiger partial charge in [-0.25, -0.2) is 4.79 Å². The Bertz CT molecular complexity index is 601. The lowest BCUT2D eigenvalue weighted by molar-refractivity contribution is -0.142. The largest absolute Gasteiger partial charge is 0.465 e. The van der Waals surface area contributed by atoms with E-state index in [0.29, 0.717) is 31.4 Å². The molecule has 1 amide bonds. The van der Waals surface area contributed by atoms with Gasteiger partial charge in [0.05, 0.1) is 12.4 Å². The van der Waals surface area contributed by atoms with Crippen LogP contribution in [0.2, 0.25) is 0 Å². The van der Waals surface area contributed by atoms with Crippen LogP contribution in [0.15, 0.2) is 29.2 Å². The van der Waals surface area contributed by atoms with Crippen molar-refractivity contribution in [3.05, 3.63) is 29.8 Å². The molecule has 0 bridgehead atoms. The third kappa shape index (κ3) is 7.28. The van der Waals surface area contributed by atoms with Crippen LogP contribution in [0.25, 0.3) is 0 Å². The van der Waals surface area contributed by atoms with Crippen LogP contribution < -0.4 is 0 Å². The highest BCUT2D eigenvalue weighted by atomic mass is 32.2. The van der Waals surface area contributed by atoms with E-state index in [-0.39, 0.29) is 12.1 Å². The van der Waals surface area contributed by atoms with E-state index in [9.17, 15) is 9.59 Å². The SMILES string of the molecule is Cc1ccc(SCC(=O)OCC2CCN(C(=O)OC(C)(C)C)CC2)cc1. The van der Waals surface area contributed by atoms with E-state index in [1.807, 2.05) is 52.0 Å². The minimum atomic E-state index is -0.474. The first kappa shape index (κ1) is 20.6. The summed E-state index contributed by atoms with van der Waals surface area (Å²) in [6.07, 6.45) is 1.40. The van der Waals surface area contributed by atoms with Crippen molar-refractivity contribution in [2.75, 3.05) is 25.4 Å². The van der Waals surface area contributed by atoms with Gasteiger partial charge in [0.15, 0.2) is 0 Å². The molecule has 2 rings (SSSR count). The monoisotopic (exact) mass is 379 g/mol. The number of carbonyl (C=O) groups excluding carboxylic acids is 2. The Kier molecular flexibility index (Phi) is 7.38. The quantitative estimate of drug-likeness (QED) is 0.565. The Morgan fingerprint density at radius 3 is 2.35 bits per heavy atom. The molecule has 0 saturated carbocycles. The molecule has 0 spiro atoms. The Morgan fingerprint density at radius 1 is 1.15 bits per heavy atom. The summed E-state index contributed by atoms with van der Waals surface area (Å²) in [5.74, 6) is 0.437. The lowest BCUT2D eigenvalue weighted by Gasteiger charge is -2.33. The van der Waals surface area contributed by atoms with Gasteiger partial charge in [-0.3, -0.25) is 4.79 Å². The molecule has 26 heavy (non-hydrogen) atoms. The van der Waals surface area contributed by atoms with Gasteiger partial charge in [0.25, 0.3) is 0 Å². The average molecular weight is 380 g/mol. The number of nitrogens with zero attached hydrogens (tertiary/aromatic N) is 1. The van der Waals surface area contributed by atoms with E-state index in [4.69, 9.17) is 9.47 Å². The van der Waals surface area contributed by atoms with Gasteiger partial charge >= 0.3 is 12.1 Å². The molecule has 0 atom stereocenters. The van der Waals surface area contributed by atoms with Crippen LogP contribution in [0.1, 0.15) is 39.2 Å². The smallest absolute Gasteiger partial charge is 0.410 e. The fourth-order valence-corrected chi connectivity index (χ4v) is 3.33. The molecule has 1 aromatic carbocycles. The Morgan fingerprint density at radius 2 is 1.77 bits per heavy atom. The van der Waals surface area contributed by atoms with Gasteiger partial charge in [0.1, 0.15) is 5.60 Å². The van der Waals surface area contributed by atoms with Crippen LogP contribution in [0.4, 0.5) is 4.79 Å². The minimum absolute atomic E-state index is 0.190. The number of piperidine rings is 1. The van der Waals surface area contributed by atoms with Gasteiger partial charge in [0, 0.05) is 18.0 Å². The maximum Gasteiger partial charge on any atom is 0.410 e. The van der Waals surface area contributed by atoms with Crippen molar-refractivity contribution < 1.29 is 19.1 Å². The zero-order valence-electron chi connectivity index (χ0n) is 16.1. The van der Waals surface area contributed by atoms with Gasteiger partial charge in [-0.2, -0.15) is 0 Å². The molecule has 1 aliphatic rings. The Labute approximate surface area is 160 Å². The third-order valence-electron chi connectivity index (χ3n) is 4.12. The number of amides is 1. The van der Waals surface area contributed by atoms with Crippen LogP contribution in [-0.2, 0) is 14.3 Å². The van der Waals surface area contributed by atoms with Crippen LogP contribution in [0.5, 0.6) is 0 Å². The molecule has 1 saturated heterocycles. The number of aryl methyl sites for hydroxylation is 1. The number of carbonyl (C=O) groups is 2. The summed E-state index contributed by atoms with van der Waals surface area (Å²) in [4.78, 5) is 26.8. The molecule has 6 heteroatoms. The lowest BCUT2D eigenvalue weighted by atomic mass is 9.98. The number of rotatable bonds is 5. The van der Waals surface area contributed by atoms with Crippen molar-refractivity contribution in [2.24, 2.45) is 5.92 Å². The van der Waals surface area contributed by atoms with Crippen LogP contribution in [0.3, 0.4) is 0 Å². The van der Waals surface area contributed by atoms with E-state index in [1.165, 1.54) is 17.3 Å². The summed E-state index contributed by atoms with van der Waals surface area (Å²) >= 11 is 1.49. The highest BCUT2D eigenvalue weighted by Gasteiger charge is 2.27. The molecule has 1 fully saturated rings. The number of benzene rings is 1. The Hall–Kier alpha value is -1.69. The first-order valence-corrected chi connectivity index (χ1v) is 10.0. The summed E-state index contributed by atoms with van der Waals surface area (Å²) in [5, 5.41) is 0. The molecule has 5 nitrogen and oxygen atoms in total. The molecule has 144 valence electrons. The van der Waals surface area contributed by atoms with Gasteiger partial charge in [-0.1, -0.05) is 17.7 Å². The topological polar surface area (TPSA) is 55.8 Å². The predicted octanol–water partition coefficient (Wildman–Crippen LogP) is 4.28. The van der Waals surface area contributed by atoms with E-state index in [1.54, 1.807) is 4.90 Å². The predicted molar refractivity (Wildman–Crippen MR) is 103 cm³/mol. The molecule has 0 aliphatic carbocycles. The fraction of sp³-hybridized carbons (Fsp3) is 0.600. The number of likely N-dealkylation sites (tertiary alicyclic amines) is 1. The number of esters is 1. The molecule has 0 radical (unpaired) electrons. The fourth-order valence-electron chi connectivity index (χ4n) is 2.64. The van der Waals surface area contributed by atoms with Crippen molar-refractivity contribution >= 4 is 23.8 Å². The number of hydrogen-bond donors (Lipinski definition) is 0. The van der Waals surface area contributed by atoms with Gasteiger partial charge in [0.2, 0.25) is 0 Å². The van der Waals surface area contributed by atoms with E-state index in [0.717, 1.165) is 17.7 Å². The Balaban J connectivity index is 1.64. The molecule has 0 unspecified atom stereocenters. The lowest BCUT2D eigenvalue weighted by Crippen LogP contribution is -2.42. The molecule has 0 N–H and O–H groups in total. The second kappa shape index (κ2) is 9.31. The zero-order valence-corrected chi connectivity index (χ0v) is 16.9. The minimum Gasteiger partial charge on any atom is -0.465 e. The maximum absolute atomic E-state index is 12.0. The molecular formula is C20H29NO4S. The maximum atomic E-state index is 12.0. The van der Waals surface area contributed by atoms with Crippen molar-refractivity contribution in [3.63, 3.8) is 0 Å². The first-order valence-electron chi connectivity index (χ1n) is 9.06. The first-order chi connectivity index (χ1) is 12.2. The van der Waals surface area contributed by atoms with Crippen LogP contribution in [-0.4, -0.2) is 48.0 Å². The molecule has 1 aromatic rings. The van der Waals surface area contributed by atoms with Crippen molar-refractivity contribution in [3.8, 4) is 0 Å². The number of ether oxygens (including phenoxy) is 2. The van der Waals surface area contributed by atoms with Crippen LogP contribution >= 0.6 is 11.8 Å². The second-order valence-electron chi connectivity index (χ2n) is 7.70. The molecule has 1 aliphatic heterocycles. The average Bonchev–Trinajstić information content (AvgIpc) is 2.58. The van der Waals surface area contributed by atoms with Crippen molar-refractivity contribution in [2.45, 2.75) is 51.0 Å². The van der Waals surface area contributed by atoms with Crippen LogP contribution in [0, 0.1) is 12.8 Å². The molecule has 0 aromatic heterocycles. The summed E-state index contributed by atoms with van der Waals surface area (Å²) in [7, 11) is 0. The zero-order chi connectivity index (χ0) is 19.2. The highest BCUT2D eigenvalue weighted by Crippen LogP contribution is 2.21. The van der Waals surface area contributed by atoms with E-state index in [2.05, 4.69) is 0 Å². The van der Waals surface area contributed by atoms with Crippen molar-refractivity contribution in [1.29, 1.82) is 0 Å². The van der Waals surface area contributed by atoms with Gasteiger partial charge in [-0.05, 0) is 58.6 Å². The van der Waals surface area contributed by atoms with Crippen molar-refractivity contribution in [1.82, 2.24) is 4.90 Å². The molecular weight excluding hydrogens is 350 g/mol. The standard InChI is InChI=1S/C20H29NO4S/c1-15-5-7-17(8-6-15)26-14-18(22)24-13-16-9-11-21(12-10-16)19(23)25-20(2,3)4/h5-8,16H,9-14H2,1-4H3. The third-order valence-corrected chi connectivity index (χ3v) is 5.11. The van der Waals surface area contributed by atoms with E-state index >= 15 is 0 Å². The normalized spacial score (nSPS) is 15.6. The number of hydrogen-bond acceptors (Lipinski definition) is 5. The summed E-state index contributed by atoms with van der Waals surface area (Å²) in [6.45, 7) is 9.36. The second-order valence-corrected chi connectivity index (χ2v) is 8.74. The summed E-state index contributed by atoms with van der Waals surface area (Å²) in [6, 6.07) is 8.09. The number of thioether (sulfide) groups is 1. The summed E-state index contributed by atoms with van der Waals surface area (Å²) < 4.78 is 10.8. The van der Waals surface area contributed by atoms with E-state index < -0.39 is 5.60 Å². The van der Waals surface area contributed by atoms with Gasteiger partial charge in [-0.15, -0.1) is 11.8 Å².